The summed E-state index contributed by atoms with van der Waals surface area (Å²) in [5.74, 6) is 1.45. The number of allylic oxidation sites excluding steroid dienone is 1. The van der Waals surface area contributed by atoms with Gasteiger partial charge in [-0.3, -0.25) is 9.59 Å². The summed E-state index contributed by atoms with van der Waals surface area (Å²) >= 11 is 0. The molecule has 0 saturated carbocycles. The van der Waals surface area contributed by atoms with E-state index >= 15 is 0 Å². The zero-order valence-corrected chi connectivity index (χ0v) is 13.8. The van der Waals surface area contributed by atoms with Crippen molar-refractivity contribution in [3.8, 4) is 11.5 Å². The summed E-state index contributed by atoms with van der Waals surface area (Å²) in [5, 5.41) is 2.47. The van der Waals surface area contributed by atoms with Crippen molar-refractivity contribution < 1.29 is 23.5 Å². The predicted molar refractivity (Wildman–Crippen MR) is 89.4 cm³/mol. The van der Waals surface area contributed by atoms with Crippen LogP contribution < -0.4 is 14.8 Å². The van der Waals surface area contributed by atoms with Crippen LogP contribution in [0.2, 0.25) is 0 Å². The molecule has 0 unspecified atom stereocenters. The molecule has 0 aliphatic heterocycles. The van der Waals surface area contributed by atoms with Gasteiger partial charge in [0.2, 0.25) is 5.78 Å². The van der Waals surface area contributed by atoms with Gasteiger partial charge in [0, 0.05) is 7.05 Å². The fourth-order valence-corrected chi connectivity index (χ4v) is 1.94. The van der Waals surface area contributed by atoms with Crippen LogP contribution in [0.25, 0.3) is 6.08 Å². The molecule has 1 heterocycles. The second-order valence-corrected chi connectivity index (χ2v) is 4.98. The van der Waals surface area contributed by atoms with E-state index in [0.717, 1.165) is 5.56 Å². The van der Waals surface area contributed by atoms with Crippen molar-refractivity contribution >= 4 is 17.8 Å². The van der Waals surface area contributed by atoms with Gasteiger partial charge in [-0.15, -0.1) is 0 Å². The Morgan fingerprint density at radius 2 is 2.00 bits per heavy atom. The van der Waals surface area contributed by atoms with Gasteiger partial charge in [-0.05, 0) is 42.8 Å². The average molecular weight is 329 g/mol. The molecule has 0 fully saturated rings. The maximum atomic E-state index is 12.0. The summed E-state index contributed by atoms with van der Waals surface area (Å²) in [6, 6.07) is 8.54. The Hall–Kier alpha value is -3.02. The van der Waals surface area contributed by atoms with Gasteiger partial charge in [0.25, 0.3) is 5.91 Å². The Balaban J connectivity index is 2.09. The van der Waals surface area contributed by atoms with Gasteiger partial charge in [-0.2, -0.15) is 0 Å². The Kier molecular flexibility index (Phi) is 5.78. The van der Waals surface area contributed by atoms with Crippen LogP contribution in [0, 0.1) is 6.92 Å². The third kappa shape index (κ3) is 4.49. The molecular formula is C18H19NO5. The summed E-state index contributed by atoms with van der Waals surface area (Å²) in [7, 11) is 3.04. The minimum Gasteiger partial charge on any atom is -0.493 e. The van der Waals surface area contributed by atoms with Crippen LogP contribution in [0.3, 0.4) is 0 Å². The zero-order valence-electron chi connectivity index (χ0n) is 13.8. The number of rotatable bonds is 7. The van der Waals surface area contributed by atoms with E-state index in [1.54, 1.807) is 43.3 Å². The Morgan fingerprint density at radius 1 is 1.21 bits per heavy atom. The normalized spacial score (nSPS) is 10.6. The second kappa shape index (κ2) is 8.01. The third-order valence-corrected chi connectivity index (χ3v) is 3.24. The lowest BCUT2D eigenvalue weighted by Gasteiger charge is -2.10. The Morgan fingerprint density at radius 3 is 2.62 bits per heavy atom. The first kappa shape index (κ1) is 17.3. The van der Waals surface area contributed by atoms with Gasteiger partial charge in [0.15, 0.2) is 23.9 Å². The van der Waals surface area contributed by atoms with Gasteiger partial charge in [-0.1, -0.05) is 12.1 Å². The van der Waals surface area contributed by atoms with Crippen molar-refractivity contribution in [1.29, 1.82) is 0 Å². The molecule has 1 aromatic carbocycles. The highest BCUT2D eigenvalue weighted by Crippen LogP contribution is 2.28. The number of nitrogens with one attached hydrogen (secondary N) is 1. The van der Waals surface area contributed by atoms with E-state index in [4.69, 9.17) is 13.9 Å². The molecule has 2 rings (SSSR count). The summed E-state index contributed by atoms with van der Waals surface area (Å²) in [6.45, 7) is 1.68. The van der Waals surface area contributed by atoms with Crippen LogP contribution in [0.1, 0.15) is 21.9 Å². The van der Waals surface area contributed by atoms with E-state index in [2.05, 4.69) is 5.32 Å². The molecule has 0 saturated heterocycles. The molecule has 1 aromatic heterocycles. The number of aryl methyl sites for hydroxylation is 1. The van der Waals surface area contributed by atoms with E-state index in [1.807, 2.05) is 0 Å². The van der Waals surface area contributed by atoms with Crippen molar-refractivity contribution in [2.75, 3.05) is 20.8 Å². The van der Waals surface area contributed by atoms with Crippen molar-refractivity contribution in [2.45, 2.75) is 6.92 Å². The number of likely N-dealkylation sites (N-methyl/N-ethyl adjacent to an activating group) is 1. The standard InChI is InChI=1S/C18H19NO5/c1-12-4-8-15(24-12)14(20)7-5-13-6-9-16(17(10-13)22-3)23-11-18(21)19-2/h4-10H,11H2,1-3H3,(H,19,21)/b7-5-. The summed E-state index contributed by atoms with van der Waals surface area (Å²) in [4.78, 5) is 23.2. The van der Waals surface area contributed by atoms with E-state index in [1.165, 1.54) is 20.2 Å². The molecule has 0 aliphatic rings. The minimum atomic E-state index is -0.236. The molecule has 2 aromatic rings. The number of ketones is 1. The van der Waals surface area contributed by atoms with Crippen LogP contribution in [0.15, 0.2) is 40.8 Å². The molecule has 1 N–H and O–H groups in total. The lowest BCUT2D eigenvalue weighted by atomic mass is 10.1. The van der Waals surface area contributed by atoms with Gasteiger partial charge >= 0.3 is 0 Å². The number of carbonyl (C=O) groups excluding carboxylic acids is 2. The van der Waals surface area contributed by atoms with Crippen molar-refractivity contribution in [1.82, 2.24) is 5.32 Å². The number of amides is 1. The lowest BCUT2D eigenvalue weighted by molar-refractivity contribution is -0.122. The highest BCUT2D eigenvalue weighted by Gasteiger charge is 2.09. The smallest absolute Gasteiger partial charge is 0.257 e. The maximum absolute atomic E-state index is 12.0. The number of hydrogen-bond donors (Lipinski definition) is 1. The van der Waals surface area contributed by atoms with E-state index < -0.39 is 0 Å². The van der Waals surface area contributed by atoms with Crippen LogP contribution in [-0.2, 0) is 4.79 Å². The molecular weight excluding hydrogens is 310 g/mol. The first-order valence-corrected chi connectivity index (χ1v) is 7.33. The topological polar surface area (TPSA) is 77.8 Å². The quantitative estimate of drug-likeness (QED) is 0.624. The lowest BCUT2D eigenvalue weighted by Crippen LogP contribution is -2.24. The van der Waals surface area contributed by atoms with Gasteiger partial charge in [-0.25, -0.2) is 0 Å². The molecule has 126 valence electrons. The summed E-state index contributed by atoms with van der Waals surface area (Å²) < 4.78 is 15.9. The molecule has 6 heteroatoms. The van der Waals surface area contributed by atoms with E-state index in [0.29, 0.717) is 23.0 Å². The van der Waals surface area contributed by atoms with Crippen molar-refractivity contribution in [3.05, 3.63) is 53.5 Å². The molecule has 24 heavy (non-hydrogen) atoms. The largest absolute Gasteiger partial charge is 0.493 e. The summed E-state index contributed by atoms with van der Waals surface area (Å²) in [6.07, 6.45) is 3.09. The van der Waals surface area contributed by atoms with Gasteiger partial charge in [0.05, 0.1) is 7.11 Å². The van der Waals surface area contributed by atoms with Crippen molar-refractivity contribution in [3.63, 3.8) is 0 Å². The average Bonchev–Trinajstić information content (AvgIpc) is 3.04. The predicted octanol–water partition coefficient (Wildman–Crippen LogP) is 2.62. The molecule has 0 aliphatic carbocycles. The first-order chi connectivity index (χ1) is 11.5. The molecule has 0 spiro atoms. The first-order valence-electron chi connectivity index (χ1n) is 7.33. The number of benzene rings is 1. The SMILES string of the molecule is CNC(=O)COc1ccc(/C=C\C(=O)c2ccc(C)o2)cc1OC. The number of methoxy groups -OCH3 is 1. The minimum absolute atomic E-state index is 0.0988. The monoisotopic (exact) mass is 329 g/mol. The molecule has 1 amide bonds. The van der Waals surface area contributed by atoms with Gasteiger partial charge < -0.3 is 19.2 Å². The fourth-order valence-electron chi connectivity index (χ4n) is 1.94. The van der Waals surface area contributed by atoms with Gasteiger partial charge in [0.1, 0.15) is 5.76 Å². The van der Waals surface area contributed by atoms with E-state index in [-0.39, 0.29) is 18.3 Å². The Labute approximate surface area is 140 Å². The maximum Gasteiger partial charge on any atom is 0.257 e. The zero-order chi connectivity index (χ0) is 17.5. The van der Waals surface area contributed by atoms with Crippen LogP contribution >= 0.6 is 0 Å². The van der Waals surface area contributed by atoms with Crippen LogP contribution in [0.5, 0.6) is 11.5 Å². The molecule has 6 nitrogen and oxygen atoms in total. The van der Waals surface area contributed by atoms with Crippen LogP contribution in [0.4, 0.5) is 0 Å². The molecule has 0 radical (unpaired) electrons. The summed E-state index contributed by atoms with van der Waals surface area (Å²) in [5.41, 5.74) is 0.760. The third-order valence-electron chi connectivity index (χ3n) is 3.24. The number of furan rings is 1. The number of hydrogen-bond acceptors (Lipinski definition) is 5. The fraction of sp³-hybridized carbons (Fsp3) is 0.222. The number of ether oxygens (including phenoxy) is 2. The Bertz CT molecular complexity index is 761. The highest BCUT2D eigenvalue weighted by molar-refractivity contribution is 6.04. The number of carbonyl (C=O) groups is 2. The second-order valence-electron chi connectivity index (χ2n) is 4.98. The van der Waals surface area contributed by atoms with Crippen molar-refractivity contribution in [2.24, 2.45) is 0 Å². The van der Waals surface area contributed by atoms with E-state index in [9.17, 15) is 9.59 Å². The molecule has 0 bridgehead atoms. The molecule has 0 atom stereocenters. The highest BCUT2D eigenvalue weighted by atomic mass is 16.5. The van der Waals surface area contributed by atoms with Crippen LogP contribution in [-0.4, -0.2) is 32.5 Å².